The van der Waals surface area contributed by atoms with Gasteiger partial charge in [0.1, 0.15) is 10.8 Å². The summed E-state index contributed by atoms with van der Waals surface area (Å²) >= 11 is 3.29. The first-order chi connectivity index (χ1) is 12.4. The van der Waals surface area contributed by atoms with Crippen LogP contribution >= 0.6 is 22.7 Å². The largest absolute Gasteiger partial charge is 0.481 e. The van der Waals surface area contributed by atoms with Crippen LogP contribution in [0, 0.1) is 20.8 Å². The van der Waals surface area contributed by atoms with E-state index in [0.717, 1.165) is 37.3 Å². The van der Waals surface area contributed by atoms with Crippen molar-refractivity contribution >= 4 is 28.6 Å². The topological polar surface area (TPSA) is 51.2 Å². The lowest BCUT2D eigenvalue weighted by molar-refractivity contribution is -0.127. The Hall–Kier alpha value is -2.18. The number of carbonyl (C=O) groups excluding carboxylic acids is 1. The van der Waals surface area contributed by atoms with Crippen molar-refractivity contribution in [2.45, 2.75) is 40.3 Å². The van der Waals surface area contributed by atoms with Gasteiger partial charge >= 0.3 is 0 Å². The van der Waals surface area contributed by atoms with E-state index in [1.54, 1.807) is 29.6 Å². The Labute approximate surface area is 161 Å². The second kappa shape index (κ2) is 8.01. The van der Waals surface area contributed by atoms with Crippen LogP contribution < -0.4 is 10.1 Å². The van der Waals surface area contributed by atoms with Gasteiger partial charge in [0, 0.05) is 4.88 Å². The lowest BCUT2D eigenvalue weighted by Gasteiger charge is -2.15. The van der Waals surface area contributed by atoms with Crippen molar-refractivity contribution in [1.29, 1.82) is 0 Å². The van der Waals surface area contributed by atoms with E-state index >= 15 is 0 Å². The molecule has 0 saturated carbocycles. The van der Waals surface area contributed by atoms with E-state index < -0.39 is 6.10 Å². The number of carbonyl (C=O) groups is 1. The fourth-order valence-corrected chi connectivity index (χ4v) is 4.47. The number of amides is 1. The number of ether oxygens (including phenoxy) is 1. The number of hydrogen-bond acceptors (Lipinski definition) is 5. The molecule has 0 aliphatic rings. The molecule has 3 aromatic rings. The highest BCUT2D eigenvalue weighted by atomic mass is 32.1. The average Bonchev–Trinajstić information content (AvgIpc) is 3.21. The van der Waals surface area contributed by atoms with Crippen LogP contribution in [-0.2, 0) is 11.3 Å². The maximum atomic E-state index is 12.4. The predicted octanol–water partition coefficient (Wildman–Crippen LogP) is 4.88. The number of nitrogens with one attached hydrogen (secondary N) is 1. The van der Waals surface area contributed by atoms with Gasteiger partial charge in [-0.05, 0) is 62.4 Å². The normalized spacial score (nSPS) is 12.0. The number of aryl methyl sites for hydroxylation is 3. The molecule has 0 aliphatic carbocycles. The lowest BCUT2D eigenvalue weighted by Crippen LogP contribution is -2.35. The number of hydrogen-bond donors (Lipinski definition) is 1. The maximum Gasteiger partial charge on any atom is 0.261 e. The molecule has 26 heavy (non-hydrogen) atoms. The molecule has 1 N–H and O–H groups in total. The standard InChI is InChI=1S/C20H22N2O2S2/c1-12-8-13(2)10-16(9-12)24-15(4)19(23)21-11-18-14(3)22-20(26-18)17-6-5-7-25-17/h5-10,15H,11H2,1-4H3,(H,21,23). The SMILES string of the molecule is Cc1cc(C)cc(OC(C)C(=O)NCc2sc(-c3cccs3)nc2C)c1. The lowest BCUT2D eigenvalue weighted by atomic mass is 10.1. The molecule has 2 aromatic heterocycles. The number of benzene rings is 1. The van der Waals surface area contributed by atoms with Gasteiger partial charge in [0.2, 0.25) is 0 Å². The van der Waals surface area contributed by atoms with Crippen molar-refractivity contribution in [3.8, 4) is 15.6 Å². The molecule has 1 amide bonds. The Balaban J connectivity index is 1.60. The number of thiophene rings is 1. The van der Waals surface area contributed by atoms with E-state index in [1.807, 2.05) is 44.4 Å². The summed E-state index contributed by atoms with van der Waals surface area (Å²) in [6, 6.07) is 10.0. The van der Waals surface area contributed by atoms with E-state index in [9.17, 15) is 4.79 Å². The van der Waals surface area contributed by atoms with Crippen molar-refractivity contribution < 1.29 is 9.53 Å². The fourth-order valence-electron chi connectivity index (χ4n) is 2.67. The van der Waals surface area contributed by atoms with Crippen LogP contribution in [0.3, 0.4) is 0 Å². The number of thiazole rings is 1. The zero-order valence-corrected chi connectivity index (χ0v) is 17.0. The van der Waals surface area contributed by atoms with Gasteiger partial charge in [-0.1, -0.05) is 12.1 Å². The molecule has 0 aliphatic heterocycles. The minimum Gasteiger partial charge on any atom is -0.481 e. The quantitative estimate of drug-likeness (QED) is 0.657. The van der Waals surface area contributed by atoms with Crippen LogP contribution in [0.15, 0.2) is 35.7 Å². The Morgan fingerprint density at radius 2 is 1.96 bits per heavy atom. The Bertz CT molecular complexity index is 880. The van der Waals surface area contributed by atoms with Crippen molar-refractivity contribution in [1.82, 2.24) is 10.3 Å². The zero-order chi connectivity index (χ0) is 18.7. The van der Waals surface area contributed by atoms with E-state index in [4.69, 9.17) is 4.74 Å². The summed E-state index contributed by atoms with van der Waals surface area (Å²) in [5, 5.41) is 6.00. The third kappa shape index (κ3) is 4.51. The fraction of sp³-hybridized carbons (Fsp3) is 0.300. The van der Waals surface area contributed by atoms with Gasteiger partial charge in [-0.25, -0.2) is 4.98 Å². The molecule has 1 atom stereocenters. The Kier molecular flexibility index (Phi) is 5.74. The average molecular weight is 387 g/mol. The number of rotatable bonds is 6. The van der Waals surface area contributed by atoms with Crippen LogP contribution in [0.5, 0.6) is 5.75 Å². The minimum absolute atomic E-state index is 0.130. The second-order valence-corrected chi connectivity index (χ2v) is 8.34. The summed E-state index contributed by atoms with van der Waals surface area (Å²) in [7, 11) is 0. The van der Waals surface area contributed by atoms with Gasteiger partial charge in [0.15, 0.2) is 6.10 Å². The van der Waals surface area contributed by atoms with Gasteiger partial charge in [-0.2, -0.15) is 0 Å². The molecule has 0 fully saturated rings. The van der Waals surface area contributed by atoms with E-state index in [2.05, 4.69) is 22.4 Å². The molecule has 0 saturated heterocycles. The predicted molar refractivity (Wildman–Crippen MR) is 108 cm³/mol. The highest BCUT2D eigenvalue weighted by Gasteiger charge is 2.16. The van der Waals surface area contributed by atoms with Crippen LogP contribution in [-0.4, -0.2) is 17.0 Å². The van der Waals surface area contributed by atoms with Gasteiger partial charge in [-0.15, -0.1) is 22.7 Å². The molecule has 1 unspecified atom stereocenters. The van der Waals surface area contributed by atoms with Crippen molar-refractivity contribution in [2.75, 3.05) is 0 Å². The molecule has 2 heterocycles. The first kappa shape index (κ1) is 18.6. The molecule has 6 heteroatoms. The molecular weight excluding hydrogens is 364 g/mol. The summed E-state index contributed by atoms with van der Waals surface area (Å²) in [6.45, 7) is 8.24. The van der Waals surface area contributed by atoms with Crippen molar-refractivity contribution in [2.24, 2.45) is 0 Å². The monoisotopic (exact) mass is 386 g/mol. The molecule has 0 radical (unpaired) electrons. The third-order valence-corrected chi connectivity index (χ3v) is 6.12. The third-order valence-electron chi connectivity index (χ3n) is 3.93. The number of aromatic nitrogens is 1. The minimum atomic E-state index is -0.554. The van der Waals surface area contributed by atoms with Crippen molar-refractivity contribution in [3.05, 3.63) is 57.4 Å². The van der Waals surface area contributed by atoms with Gasteiger partial charge in [-0.3, -0.25) is 4.79 Å². The summed E-state index contributed by atoms with van der Waals surface area (Å²) in [5.41, 5.74) is 3.20. The van der Waals surface area contributed by atoms with Crippen LogP contribution in [0.4, 0.5) is 0 Å². The maximum absolute atomic E-state index is 12.4. The van der Waals surface area contributed by atoms with Crippen LogP contribution in [0.1, 0.15) is 28.6 Å². The second-order valence-electron chi connectivity index (χ2n) is 6.31. The van der Waals surface area contributed by atoms with Crippen LogP contribution in [0.2, 0.25) is 0 Å². The van der Waals surface area contributed by atoms with E-state index in [-0.39, 0.29) is 5.91 Å². The zero-order valence-electron chi connectivity index (χ0n) is 15.3. The van der Waals surface area contributed by atoms with Gasteiger partial charge in [0.25, 0.3) is 5.91 Å². The van der Waals surface area contributed by atoms with Crippen LogP contribution in [0.25, 0.3) is 9.88 Å². The molecule has 1 aromatic carbocycles. The summed E-state index contributed by atoms with van der Waals surface area (Å²) in [6.07, 6.45) is -0.554. The summed E-state index contributed by atoms with van der Waals surface area (Å²) in [4.78, 5) is 19.2. The Morgan fingerprint density at radius 1 is 1.23 bits per heavy atom. The summed E-state index contributed by atoms with van der Waals surface area (Å²) in [5.74, 6) is 0.591. The summed E-state index contributed by atoms with van der Waals surface area (Å²) < 4.78 is 5.80. The van der Waals surface area contributed by atoms with Crippen molar-refractivity contribution in [3.63, 3.8) is 0 Å². The molecule has 136 valence electrons. The van der Waals surface area contributed by atoms with E-state index in [0.29, 0.717) is 6.54 Å². The van der Waals surface area contributed by atoms with E-state index in [1.165, 1.54) is 0 Å². The first-order valence-electron chi connectivity index (χ1n) is 8.45. The van der Waals surface area contributed by atoms with Gasteiger partial charge in [0.05, 0.1) is 17.1 Å². The van der Waals surface area contributed by atoms with Gasteiger partial charge < -0.3 is 10.1 Å². The molecule has 0 bridgehead atoms. The molecule has 0 spiro atoms. The molecular formula is C20H22N2O2S2. The first-order valence-corrected chi connectivity index (χ1v) is 10.1. The highest BCUT2D eigenvalue weighted by Crippen LogP contribution is 2.31. The molecule has 4 nitrogen and oxygen atoms in total. The highest BCUT2D eigenvalue weighted by molar-refractivity contribution is 7.21. The number of nitrogens with zero attached hydrogens (tertiary/aromatic N) is 1. The smallest absolute Gasteiger partial charge is 0.261 e. The molecule has 3 rings (SSSR count). The Morgan fingerprint density at radius 3 is 2.62 bits per heavy atom.